The smallest absolute Gasteiger partial charge is 0.126 e. The minimum absolute atomic E-state index is 0.0556. The van der Waals surface area contributed by atoms with E-state index in [-0.39, 0.29) is 17.3 Å². The summed E-state index contributed by atoms with van der Waals surface area (Å²) in [5.41, 5.74) is 2.77. The van der Waals surface area contributed by atoms with E-state index in [1.165, 1.54) is 5.56 Å². The first kappa shape index (κ1) is 14.7. The van der Waals surface area contributed by atoms with Gasteiger partial charge in [0, 0.05) is 11.5 Å². The summed E-state index contributed by atoms with van der Waals surface area (Å²) in [6.07, 6.45) is 0. The van der Waals surface area contributed by atoms with Crippen LogP contribution in [0.5, 0.6) is 0 Å². The molecule has 0 amide bonds. The van der Waals surface area contributed by atoms with Gasteiger partial charge in [-0.15, -0.1) is 0 Å². The van der Waals surface area contributed by atoms with E-state index in [2.05, 4.69) is 31.3 Å². The second-order valence-corrected chi connectivity index (χ2v) is 5.82. The number of halogens is 1. The van der Waals surface area contributed by atoms with Gasteiger partial charge in [0.05, 0.1) is 0 Å². The Morgan fingerprint density at radius 3 is 2.25 bits per heavy atom. The van der Waals surface area contributed by atoms with E-state index >= 15 is 0 Å². The SMILES string of the molecule is CNC(c1ccc(C)c(F)c1)C(C)(C)c1ccccc1. The third kappa shape index (κ3) is 2.75. The van der Waals surface area contributed by atoms with Crippen LogP contribution < -0.4 is 5.32 Å². The first-order valence-corrected chi connectivity index (χ1v) is 6.95. The van der Waals surface area contributed by atoms with Crippen molar-refractivity contribution in [1.29, 1.82) is 0 Å². The van der Waals surface area contributed by atoms with Crippen molar-refractivity contribution in [3.63, 3.8) is 0 Å². The molecule has 0 radical (unpaired) electrons. The first-order chi connectivity index (χ1) is 9.46. The Labute approximate surface area is 120 Å². The lowest BCUT2D eigenvalue weighted by Gasteiger charge is -2.35. The number of rotatable bonds is 4. The zero-order valence-corrected chi connectivity index (χ0v) is 12.6. The Balaban J connectivity index is 2.43. The Morgan fingerprint density at radius 2 is 1.70 bits per heavy atom. The molecule has 2 aromatic rings. The van der Waals surface area contributed by atoms with Gasteiger partial charge in [-0.2, -0.15) is 0 Å². The summed E-state index contributed by atoms with van der Waals surface area (Å²) in [6, 6.07) is 15.9. The second kappa shape index (κ2) is 5.76. The van der Waals surface area contributed by atoms with Gasteiger partial charge in [-0.25, -0.2) is 4.39 Å². The molecule has 20 heavy (non-hydrogen) atoms. The Hall–Kier alpha value is -1.67. The third-order valence-electron chi connectivity index (χ3n) is 4.06. The van der Waals surface area contributed by atoms with Crippen molar-refractivity contribution < 1.29 is 4.39 Å². The monoisotopic (exact) mass is 271 g/mol. The second-order valence-electron chi connectivity index (χ2n) is 5.82. The highest BCUT2D eigenvalue weighted by Crippen LogP contribution is 2.36. The average molecular weight is 271 g/mol. The summed E-state index contributed by atoms with van der Waals surface area (Å²) in [6.45, 7) is 6.15. The summed E-state index contributed by atoms with van der Waals surface area (Å²) < 4.78 is 13.8. The highest BCUT2D eigenvalue weighted by molar-refractivity contribution is 5.33. The molecule has 0 bridgehead atoms. The Kier molecular flexibility index (Phi) is 4.24. The minimum Gasteiger partial charge on any atom is -0.312 e. The van der Waals surface area contributed by atoms with Gasteiger partial charge < -0.3 is 5.32 Å². The van der Waals surface area contributed by atoms with Crippen LogP contribution in [0, 0.1) is 12.7 Å². The molecule has 2 rings (SSSR count). The molecule has 0 fully saturated rings. The topological polar surface area (TPSA) is 12.0 Å². The number of likely N-dealkylation sites (N-methyl/N-ethyl adjacent to an activating group) is 1. The molecule has 1 nitrogen and oxygen atoms in total. The first-order valence-electron chi connectivity index (χ1n) is 6.95. The fourth-order valence-electron chi connectivity index (χ4n) is 2.77. The van der Waals surface area contributed by atoms with Crippen LogP contribution >= 0.6 is 0 Å². The van der Waals surface area contributed by atoms with Gasteiger partial charge in [-0.1, -0.05) is 56.3 Å². The van der Waals surface area contributed by atoms with Gasteiger partial charge in [0.1, 0.15) is 5.82 Å². The van der Waals surface area contributed by atoms with E-state index in [1.54, 1.807) is 13.0 Å². The molecule has 0 aromatic heterocycles. The molecular weight excluding hydrogens is 249 g/mol. The van der Waals surface area contributed by atoms with Crippen molar-refractivity contribution in [3.05, 3.63) is 71.0 Å². The summed E-state index contributed by atoms with van der Waals surface area (Å²) in [5.74, 6) is -0.147. The number of aryl methyl sites for hydroxylation is 1. The van der Waals surface area contributed by atoms with Crippen LogP contribution in [0.4, 0.5) is 4.39 Å². The van der Waals surface area contributed by atoms with E-state index in [0.717, 1.165) is 5.56 Å². The van der Waals surface area contributed by atoms with E-state index in [1.807, 2.05) is 37.4 Å². The lowest BCUT2D eigenvalue weighted by Crippen LogP contribution is -2.35. The number of nitrogens with one attached hydrogen (secondary N) is 1. The maximum atomic E-state index is 13.8. The molecule has 1 unspecified atom stereocenters. The van der Waals surface area contributed by atoms with Crippen LogP contribution in [0.3, 0.4) is 0 Å². The van der Waals surface area contributed by atoms with Crippen LogP contribution in [-0.4, -0.2) is 7.05 Å². The van der Waals surface area contributed by atoms with E-state index in [9.17, 15) is 4.39 Å². The maximum Gasteiger partial charge on any atom is 0.126 e. The summed E-state index contributed by atoms with van der Waals surface area (Å²) >= 11 is 0. The standard InChI is InChI=1S/C18H22FN/c1-13-10-11-14(12-16(13)19)17(20-4)18(2,3)15-8-6-5-7-9-15/h5-12,17,20H,1-4H3. The minimum atomic E-state index is -0.147. The van der Waals surface area contributed by atoms with Crippen molar-refractivity contribution in [1.82, 2.24) is 5.32 Å². The molecule has 2 aromatic carbocycles. The Morgan fingerprint density at radius 1 is 1.05 bits per heavy atom. The van der Waals surface area contributed by atoms with E-state index in [0.29, 0.717) is 5.56 Å². The highest BCUT2D eigenvalue weighted by Gasteiger charge is 2.31. The zero-order valence-electron chi connectivity index (χ0n) is 12.6. The number of hydrogen-bond donors (Lipinski definition) is 1. The van der Waals surface area contributed by atoms with Crippen molar-refractivity contribution >= 4 is 0 Å². The van der Waals surface area contributed by atoms with Crippen molar-refractivity contribution in [2.75, 3.05) is 7.05 Å². The van der Waals surface area contributed by atoms with Crippen molar-refractivity contribution in [2.45, 2.75) is 32.2 Å². The number of benzene rings is 2. The van der Waals surface area contributed by atoms with Crippen LogP contribution in [0.15, 0.2) is 48.5 Å². The molecule has 0 aliphatic carbocycles. The van der Waals surface area contributed by atoms with Crippen molar-refractivity contribution in [2.24, 2.45) is 0 Å². The molecular formula is C18H22FN. The molecule has 0 aliphatic heterocycles. The quantitative estimate of drug-likeness (QED) is 0.870. The van der Waals surface area contributed by atoms with Gasteiger partial charge in [0.25, 0.3) is 0 Å². The van der Waals surface area contributed by atoms with Crippen LogP contribution in [0.25, 0.3) is 0 Å². The fraction of sp³-hybridized carbons (Fsp3) is 0.333. The predicted molar refractivity (Wildman–Crippen MR) is 82.4 cm³/mol. The molecule has 1 N–H and O–H groups in total. The van der Waals surface area contributed by atoms with Crippen LogP contribution in [0.1, 0.15) is 36.6 Å². The summed E-state index contributed by atoms with van der Waals surface area (Å²) in [4.78, 5) is 0. The van der Waals surface area contributed by atoms with E-state index in [4.69, 9.17) is 0 Å². The van der Waals surface area contributed by atoms with Gasteiger partial charge in [0.2, 0.25) is 0 Å². The van der Waals surface area contributed by atoms with Gasteiger partial charge in [-0.3, -0.25) is 0 Å². The summed E-state index contributed by atoms with van der Waals surface area (Å²) in [5, 5.41) is 3.34. The zero-order chi connectivity index (χ0) is 14.8. The molecule has 2 heteroatoms. The van der Waals surface area contributed by atoms with Gasteiger partial charge in [0.15, 0.2) is 0 Å². The maximum absolute atomic E-state index is 13.8. The highest BCUT2D eigenvalue weighted by atomic mass is 19.1. The molecule has 0 saturated carbocycles. The molecule has 0 spiro atoms. The molecule has 106 valence electrons. The average Bonchev–Trinajstić information content (AvgIpc) is 2.44. The molecule has 0 heterocycles. The molecule has 0 aliphatic rings. The van der Waals surface area contributed by atoms with Crippen molar-refractivity contribution in [3.8, 4) is 0 Å². The fourth-order valence-corrected chi connectivity index (χ4v) is 2.77. The largest absolute Gasteiger partial charge is 0.312 e. The summed E-state index contributed by atoms with van der Waals surface area (Å²) in [7, 11) is 1.92. The predicted octanol–water partition coefficient (Wildman–Crippen LogP) is 4.37. The number of hydrogen-bond acceptors (Lipinski definition) is 1. The van der Waals surface area contributed by atoms with Crippen LogP contribution in [-0.2, 0) is 5.41 Å². The van der Waals surface area contributed by atoms with E-state index < -0.39 is 0 Å². The molecule has 0 saturated heterocycles. The third-order valence-corrected chi connectivity index (χ3v) is 4.06. The lowest BCUT2D eigenvalue weighted by molar-refractivity contribution is 0.367. The molecule has 1 atom stereocenters. The lowest BCUT2D eigenvalue weighted by atomic mass is 9.75. The van der Waals surface area contributed by atoms with Gasteiger partial charge in [-0.05, 0) is 36.7 Å². The van der Waals surface area contributed by atoms with Crippen LogP contribution in [0.2, 0.25) is 0 Å². The normalized spacial score (nSPS) is 13.2. The van der Waals surface area contributed by atoms with Gasteiger partial charge >= 0.3 is 0 Å². The Bertz CT molecular complexity index is 575.